The van der Waals surface area contributed by atoms with Crippen LogP contribution in [0, 0.1) is 6.92 Å². The number of rotatable bonds is 8. The molecule has 0 bridgehead atoms. The lowest BCUT2D eigenvalue weighted by Crippen LogP contribution is -2.43. The Labute approximate surface area is 145 Å². The molecule has 1 atom stereocenters. The normalized spacial score (nSPS) is 17.5. The molecule has 1 amide bonds. The van der Waals surface area contributed by atoms with Crippen molar-refractivity contribution < 1.29 is 14.3 Å². The van der Waals surface area contributed by atoms with Crippen LogP contribution in [0.4, 0.5) is 5.69 Å². The Balaban J connectivity index is 2.06. The van der Waals surface area contributed by atoms with Crippen molar-refractivity contribution in [3.63, 3.8) is 0 Å². The van der Waals surface area contributed by atoms with E-state index in [2.05, 4.69) is 26.1 Å². The van der Waals surface area contributed by atoms with Gasteiger partial charge >= 0.3 is 0 Å². The molecule has 0 spiro atoms. The van der Waals surface area contributed by atoms with Crippen molar-refractivity contribution in [2.24, 2.45) is 0 Å². The number of amides is 1. The fraction of sp³-hybridized carbons (Fsp3) is 0.650. The largest absolute Gasteiger partial charge is 0.490 e. The number of carbonyl (C=O) groups excluding carboxylic acids is 1. The summed E-state index contributed by atoms with van der Waals surface area (Å²) in [4.78, 5) is 12.8. The van der Waals surface area contributed by atoms with Gasteiger partial charge in [-0.05, 0) is 76.1 Å². The first-order valence-electron chi connectivity index (χ1n) is 9.23. The molecule has 0 heterocycles. The maximum absolute atomic E-state index is 12.8. The van der Waals surface area contributed by atoms with Crippen molar-refractivity contribution in [3.05, 3.63) is 23.8 Å². The summed E-state index contributed by atoms with van der Waals surface area (Å²) in [5, 5.41) is 3.05. The number of nitrogens with one attached hydrogen (secondary N) is 1. The number of hydrogen-bond acceptors (Lipinski definition) is 3. The van der Waals surface area contributed by atoms with Gasteiger partial charge in [0.05, 0.1) is 6.10 Å². The lowest BCUT2D eigenvalue weighted by Gasteiger charge is -2.28. The number of ether oxygens (including phenoxy) is 2. The van der Waals surface area contributed by atoms with Crippen LogP contribution in [0.2, 0.25) is 0 Å². The summed E-state index contributed by atoms with van der Waals surface area (Å²) >= 11 is 0. The van der Waals surface area contributed by atoms with Gasteiger partial charge in [-0.2, -0.15) is 0 Å². The summed E-state index contributed by atoms with van der Waals surface area (Å²) in [6.45, 7) is 8.87. The van der Waals surface area contributed by atoms with Gasteiger partial charge in [0, 0.05) is 12.3 Å². The number of carbonyl (C=O) groups is 1. The molecule has 0 aliphatic heterocycles. The lowest BCUT2D eigenvalue weighted by atomic mass is 10.0. The zero-order valence-corrected chi connectivity index (χ0v) is 15.5. The molecule has 134 valence electrons. The molecule has 1 aromatic carbocycles. The molecule has 0 unspecified atom stereocenters. The lowest BCUT2D eigenvalue weighted by molar-refractivity contribution is -0.140. The maximum atomic E-state index is 12.8. The van der Waals surface area contributed by atoms with E-state index >= 15 is 0 Å². The summed E-state index contributed by atoms with van der Waals surface area (Å²) in [6, 6.07) is 5.81. The van der Waals surface area contributed by atoms with Crippen molar-refractivity contribution >= 4 is 11.6 Å². The van der Waals surface area contributed by atoms with Gasteiger partial charge in [0.1, 0.15) is 11.4 Å². The van der Waals surface area contributed by atoms with Crippen LogP contribution in [-0.4, -0.2) is 24.2 Å². The standard InChI is InChI=1S/C20H31NO3/c1-5-13-23-20(11-7-8-12-20)19(22)21-17-9-10-18(15(3)14-17)24-16(4)6-2/h9-10,14,16H,5-8,11-13H2,1-4H3,(H,21,22)/t16-/m1/s1. The van der Waals surface area contributed by atoms with Crippen LogP contribution < -0.4 is 10.1 Å². The average Bonchev–Trinajstić information content (AvgIpc) is 3.05. The monoisotopic (exact) mass is 333 g/mol. The van der Waals surface area contributed by atoms with E-state index in [0.29, 0.717) is 6.61 Å². The van der Waals surface area contributed by atoms with Crippen LogP contribution in [-0.2, 0) is 9.53 Å². The van der Waals surface area contributed by atoms with Gasteiger partial charge in [0.25, 0.3) is 5.91 Å². The highest BCUT2D eigenvalue weighted by atomic mass is 16.5. The van der Waals surface area contributed by atoms with Crippen LogP contribution in [0.25, 0.3) is 0 Å². The molecule has 0 aromatic heterocycles. The summed E-state index contributed by atoms with van der Waals surface area (Å²) in [6.07, 6.45) is 5.81. The molecule has 0 saturated heterocycles. The second-order valence-electron chi connectivity index (χ2n) is 6.82. The first-order chi connectivity index (χ1) is 11.5. The summed E-state index contributed by atoms with van der Waals surface area (Å²) in [5.74, 6) is 0.864. The smallest absolute Gasteiger partial charge is 0.256 e. The Bertz CT molecular complexity index is 550. The number of aryl methyl sites for hydroxylation is 1. The molecule has 1 saturated carbocycles. The SMILES string of the molecule is CCCOC1(C(=O)Nc2ccc(O[C@H](C)CC)c(C)c2)CCCC1. The molecule has 4 nitrogen and oxygen atoms in total. The third kappa shape index (κ3) is 4.50. The fourth-order valence-electron chi connectivity index (χ4n) is 3.08. The molecular formula is C20H31NO3. The second kappa shape index (κ2) is 8.52. The topological polar surface area (TPSA) is 47.6 Å². The minimum atomic E-state index is -0.643. The van der Waals surface area contributed by atoms with E-state index in [0.717, 1.165) is 55.5 Å². The molecule has 1 aromatic rings. The quantitative estimate of drug-likeness (QED) is 0.740. The first kappa shape index (κ1) is 18.8. The second-order valence-corrected chi connectivity index (χ2v) is 6.82. The molecule has 1 fully saturated rings. The van der Waals surface area contributed by atoms with Crippen LogP contribution in [0.1, 0.15) is 64.9 Å². The fourth-order valence-corrected chi connectivity index (χ4v) is 3.08. The van der Waals surface area contributed by atoms with Crippen LogP contribution >= 0.6 is 0 Å². The predicted molar refractivity (Wildman–Crippen MR) is 97.6 cm³/mol. The van der Waals surface area contributed by atoms with E-state index in [4.69, 9.17) is 9.47 Å². The van der Waals surface area contributed by atoms with Gasteiger partial charge in [-0.1, -0.05) is 13.8 Å². The molecule has 24 heavy (non-hydrogen) atoms. The molecule has 1 aliphatic rings. The maximum Gasteiger partial charge on any atom is 0.256 e. The number of anilines is 1. The highest BCUT2D eigenvalue weighted by Gasteiger charge is 2.42. The van der Waals surface area contributed by atoms with E-state index < -0.39 is 5.60 Å². The molecule has 1 aliphatic carbocycles. The molecule has 1 N–H and O–H groups in total. The van der Waals surface area contributed by atoms with Gasteiger partial charge < -0.3 is 14.8 Å². The molecule has 4 heteroatoms. The minimum Gasteiger partial charge on any atom is -0.490 e. The Morgan fingerprint density at radius 3 is 2.58 bits per heavy atom. The van der Waals surface area contributed by atoms with Crippen LogP contribution in [0.5, 0.6) is 5.75 Å². The van der Waals surface area contributed by atoms with E-state index in [1.54, 1.807) is 0 Å². The Kier molecular flexibility index (Phi) is 6.67. The van der Waals surface area contributed by atoms with Gasteiger partial charge in [0.2, 0.25) is 0 Å². The highest BCUT2D eigenvalue weighted by Crippen LogP contribution is 2.35. The van der Waals surface area contributed by atoms with E-state index in [9.17, 15) is 4.79 Å². The van der Waals surface area contributed by atoms with Crippen molar-refractivity contribution in [3.8, 4) is 5.75 Å². The molecular weight excluding hydrogens is 302 g/mol. The van der Waals surface area contributed by atoms with Gasteiger partial charge in [0.15, 0.2) is 0 Å². The Morgan fingerprint density at radius 2 is 2.00 bits per heavy atom. The summed E-state index contributed by atoms with van der Waals surface area (Å²) in [7, 11) is 0. The summed E-state index contributed by atoms with van der Waals surface area (Å²) in [5.41, 5.74) is 1.19. The van der Waals surface area contributed by atoms with Crippen molar-refractivity contribution in [1.82, 2.24) is 0 Å². The zero-order chi connectivity index (χ0) is 17.6. The Hall–Kier alpha value is -1.55. The van der Waals surface area contributed by atoms with Crippen molar-refractivity contribution in [2.45, 2.75) is 77.9 Å². The highest BCUT2D eigenvalue weighted by molar-refractivity contribution is 5.97. The zero-order valence-electron chi connectivity index (χ0n) is 15.5. The van der Waals surface area contributed by atoms with E-state index in [-0.39, 0.29) is 12.0 Å². The van der Waals surface area contributed by atoms with Gasteiger partial charge in [-0.3, -0.25) is 4.79 Å². The number of hydrogen-bond donors (Lipinski definition) is 1. The van der Waals surface area contributed by atoms with Crippen molar-refractivity contribution in [2.75, 3.05) is 11.9 Å². The van der Waals surface area contributed by atoms with Crippen LogP contribution in [0.3, 0.4) is 0 Å². The summed E-state index contributed by atoms with van der Waals surface area (Å²) < 4.78 is 11.8. The van der Waals surface area contributed by atoms with Gasteiger partial charge in [-0.25, -0.2) is 0 Å². The minimum absolute atomic E-state index is 0.0107. The van der Waals surface area contributed by atoms with Crippen LogP contribution in [0.15, 0.2) is 18.2 Å². The van der Waals surface area contributed by atoms with E-state index in [1.807, 2.05) is 25.1 Å². The molecule has 2 rings (SSSR count). The number of benzene rings is 1. The molecule has 0 radical (unpaired) electrons. The van der Waals surface area contributed by atoms with Crippen molar-refractivity contribution in [1.29, 1.82) is 0 Å². The third-order valence-corrected chi connectivity index (χ3v) is 4.74. The van der Waals surface area contributed by atoms with E-state index in [1.165, 1.54) is 0 Å². The Morgan fingerprint density at radius 1 is 1.29 bits per heavy atom. The van der Waals surface area contributed by atoms with Gasteiger partial charge in [-0.15, -0.1) is 0 Å². The third-order valence-electron chi connectivity index (χ3n) is 4.74. The predicted octanol–water partition coefficient (Wildman–Crippen LogP) is 4.85. The first-order valence-corrected chi connectivity index (χ1v) is 9.23. The average molecular weight is 333 g/mol.